The van der Waals surface area contributed by atoms with Crippen molar-refractivity contribution < 1.29 is 4.79 Å². The molecule has 1 amide bonds. The smallest absolute Gasteiger partial charge is 0.223 e. The Morgan fingerprint density at radius 2 is 1.85 bits per heavy atom. The van der Waals surface area contributed by atoms with Crippen molar-refractivity contribution in [1.82, 2.24) is 19.9 Å². The number of carbonyl (C=O) groups is 1. The van der Waals surface area contributed by atoms with Gasteiger partial charge in [-0.2, -0.15) is 5.26 Å². The Labute approximate surface area is 157 Å². The fraction of sp³-hybridized carbons (Fsp3) is 0.238. The number of aryl methyl sites for hydroxylation is 1. The predicted molar refractivity (Wildman–Crippen MR) is 101 cm³/mol. The molecule has 2 aromatic carbocycles. The van der Waals surface area contributed by atoms with Crippen LogP contribution in [0, 0.1) is 11.3 Å². The van der Waals surface area contributed by atoms with E-state index < -0.39 is 0 Å². The lowest BCUT2D eigenvalue weighted by molar-refractivity contribution is -0.137. The Balaban J connectivity index is 1.28. The van der Waals surface area contributed by atoms with Gasteiger partial charge >= 0.3 is 0 Å². The molecule has 4 rings (SSSR count). The summed E-state index contributed by atoms with van der Waals surface area (Å²) < 4.78 is 1.85. The van der Waals surface area contributed by atoms with Crippen LogP contribution in [0.3, 0.4) is 0 Å². The maximum Gasteiger partial charge on any atom is 0.223 e. The Kier molecular flexibility index (Phi) is 4.67. The summed E-state index contributed by atoms with van der Waals surface area (Å²) in [6.45, 7) is 1.34. The first kappa shape index (κ1) is 17.0. The lowest BCUT2D eigenvalue weighted by Gasteiger charge is -2.39. The molecule has 0 aliphatic carbocycles. The molecule has 6 heteroatoms. The number of hydrogen-bond acceptors (Lipinski definition) is 4. The molecule has 0 N–H and O–H groups in total. The van der Waals surface area contributed by atoms with E-state index in [1.807, 2.05) is 58.2 Å². The highest BCUT2D eigenvalue weighted by Crippen LogP contribution is 2.24. The number of aromatic nitrogens is 3. The average Bonchev–Trinajstić information content (AvgIpc) is 3.16. The van der Waals surface area contributed by atoms with Crippen molar-refractivity contribution in [3.8, 4) is 17.3 Å². The third-order valence-electron chi connectivity index (χ3n) is 4.88. The fourth-order valence-corrected chi connectivity index (χ4v) is 3.18. The van der Waals surface area contributed by atoms with Gasteiger partial charge in [-0.1, -0.05) is 47.7 Å². The minimum absolute atomic E-state index is 0.152. The second-order valence-corrected chi connectivity index (χ2v) is 6.71. The number of carbonyl (C=O) groups excluding carboxylic acids is 1. The SMILES string of the molecule is N#Cc1ccc(CCC(=O)N2CC(n3cc(-c4ccccc4)nn3)C2)cc1. The zero-order valence-corrected chi connectivity index (χ0v) is 14.8. The Bertz CT molecular complexity index is 966. The van der Waals surface area contributed by atoms with Gasteiger partial charge in [-0.3, -0.25) is 4.79 Å². The first-order valence-corrected chi connectivity index (χ1v) is 8.97. The molecule has 134 valence electrons. The maximum atomic E-state index is 12.4. The summed E-state index contributed by atoms with van der Waals surface area (Å²) in [5, 5.41) is 17.3. The molecular formula is C21H19N5O. The highest BCUT2D eigenvalue weighted by Gasteiger charge is 2.32. The number of likely N-dealkylation sites (tertiary alicyclic amines) is 1. The van der Waals surface area contributed by atoms with E-state index in [1.54, 1.807) is 12.1 Å². The summed E-state index contributed by atoms with van der Waals surface area (Å²) in [6.07, 6.45) is 3.11. The second kappa shape index (κ2) is 7.42. The molecule has 1 aromatic heterocycles. The van der Waals surface area contributed by atoms with Crippen LogP contribution in [0.4, 0.5) is 0 Å². The normalized spacial score (nSPS) is 13.8. The molecular weight excluding hydrogens is 338 g/mol. The quantitative estimate of drug-likeness (QED) is 0.704. The molecule has 0 radical (unpaired) electrons. The van der Waals surface area contributed by atoms with Crippen LogP contribution in [0.15, 0.2) is 60.8 Å². The maximum absolute atomic E-state index is 12.4. The predicted octanol–water partition coefficient (Wildman–Crippen LogP) is 2.83. The van der Waals surface area contributed by atoms with Gasteiger partial charge in [0.2, 0.25) is 5.91 Å². The highest BCUT2D eigenvalue weighted by atomic mass is 16.2. The molecule has 0 saturated carbocycles. The van der Waals surface area contributed by atoms with Gasteiger partial charge < -0.3 is 4.90 Å². The highest BCUT2D eigenvalue weighted by molar-refractivity contribution is 5.77. The van der Waals surface area contributed by atoms with E-state index in [2.05, 4.69) is 16.4 Å². The largest absolute Gasteiger partial charge is 0.338 e. The lowest BCUT2D eigenvalue weighted by atomic mass is 10.0. The van der Waals surface area contributed by atoms with Crippen LogP contribution in [0.5, 0.6) is 0 Å². The third-order valence-corrected chi connectivity index (χ3v) is 4.88. The zero-order valence-electron chi connectivity index (χ0n) is 14.8. The van der Waals surface area contributed by atoms with E-state index in [-0.39, 0.29) is 11.9 Å². The standard InChI is InChI=1S/C21H19N5O/c22-12-17-8-6-16(7-9-17)10-11-21(27)25-13-19(14-25)26-15-20(23-24-26)18-4-2-1-3-5-18/h1-9,15,19H,10-11,13-14H2. The van der Waals surface area contributed by atoms with Gasteiger partial charge in [0.15, 0.2) is 0 Å². The van der Waals surface area contributed by atoms with Gasteiger partial charge in [0.25, 0.3) is 0 Å². The molecule has 0 unspecified atom stereocenters. The van der Waals surface area contributed by atoms with Crippen molar-refractivity contribution in [3.05, 3.63) is 71.9 Å². The monoisotopic (exact) mass is 357 g/mol. The van der Waals surface area contributed by atoms with Crippen molar-refractivity contribution in [2.75, 3.05) is 13.1 Å². The third kappa shape index (κ3) is 3.72. The van der Waals surface area contributed by atoms with Crippen LogP contribution in [0.1, 0.15) is 23.6 Å². The van der Waals surface area contributed by atoms with E-state index in [0.717, 1.165) is 16.8 Å². The molecule has 1 saturated heterocycles. The summed E-state index contributed by atoms with van der Waals surface area (Å²) in [4.78, 5) is 14.2. The number of amides is 1. The molecule has 0 spiro atoms. The molecule has 3 aromatic rings. The van der Waals surface area contributed by atoms with Crippen molar-refractivity contribution in [2.24, 2.45) is 0 Å². The summed E-state index contributed by atoms with van der Waals surface area (Å²) >= 11 is 0. The van der Waals surface area contributed by atoms with E-state index in [9.17, 15) is 4.79 Å². The van der Waals surface area contributed by atoms with E-state index in [0.29, 0.717) is 31.5 Å². The molecule has 1 aliphatic rings. The van der Waals surface area contributed by atoms with Crippen molar-refractivity contribution in [2.45, 2.75) is 18.9 Å². The number of benzene rings is 2. The number of nitrogens with zero attached hydrogens (tertiary/aromatic N) is 5. The minimum atomic E-state index is 0.152. The topological polar surface area (TPSA) is 74.8 Å². The molecule has 0 bridgehead atoms. The summed E-state index contributed by atoms with van der Waals surface area (Å²) in [6, 6.07) is 19.6. The van der Waals surface area contributed by atoms with Crippen molar-refractivity contribution in [3.63, 3.8) is 0 Å². The number of hydrogen-bond donors (Lipinski definition) is 0. The summed E-state index contributed by atoms with van der Waals surface area (Å²) in [7, 11) is 0. The van der Waals surface area contributed by atoms with Crippen molar-refractivity contribution in [1.29, 1.82) is 5.26 Å². The van der Waals surface area contributed by atoms with Crippen LogP contribution in [-0.4, -0.2) is 38.9 Å². The molecule has 6 nitrogen and oxygen atoms in total. The Morgan fingerprint density at radius 3 is 2.56 bits per heavy atom. The summed E-state index contributed by atoms with van der Waals surface area (Å²) in [5.41, 5.74) is 3.60. The van der Waals surface area contributed by atoms with Crippen LogP contribution in [0.2, 0.25) is 0 Å². The molecule has 1 fully saturated rings. The lowest BCUT2D eigenvalue weighted by Crippen LogP contribution is -2.50. The van der Waals surface area contributed by atoms with Gasteiger partial charge in [-0.05, 0) is 24.1 Å². The van der Waals surface area contributed by atoms with Crippen LogP contribution in [-0.2, 0) is 11.2 Å². The van der Waals surface area contributed by atoms with Crippen molar-refractivity contribution >= 4 is 5.91 Å². The molecule has 2 heterocycles. The van der Waals surface area contributed by atoms with Gasteiger partial charge in [-0.15, -0.1) is 5.10 Å². The number of rotatable bonds is 5. The minimum Gasteiger partial charge on any atom is -0.338 e. The van der Waals surface area contributed by atoms with E-state index >= 15 is 0 Å². The summed E-state index contributed by atoms with van der Waals surface area (Å²) in [5.74, 6) is 0.152. The molecule has 27 heavy (non-hydrogen) atoms. The van der Waals surface area contributed by atoms with E-state index in [4.69, 9.17) is 5.26 Å². The molecule has 1 aliphatic heterocycles. The first-order chi connectivity index (χ1) is 13.2. The van der Waals surface area contributed by atoms with Gasteiger partial charge in [-0.25, -0.2) is 4.68 Å². The van der Waals surface area contributed by atoms with Crippen LogP contribution >= 0.6 is 0 Å². The first-order valence-electron chi connectivity index (χ1n) is 8.97. The molecule has 0 atom stereocenters. The average molecular weight is 357 g/mol. The van der Waals surface area contributed by atoms with Crippen LogP contribution < -0.4 is 0 Å². The zero-order chi connectivity index (χ0) is 18.6. The Morgan fingerprint density at radius 1 is 1.11 bits per heavy atom. The fourth-order valence-electron chi connectivity index (χ4n) is 3.18. The van der Waals surface area contributed by atoms with E-state index in [1.165, 1.54) is 0 Å². The van der Waals surface area contributed by atoms with Crippen LogP contribution in [0.25, 0.3) is 11.3 Å². The van der Waals surface area contributed by atoms with Gasteiger partial charge in [0.1, 0.15) is 5.69 Å². The van der Waals surface area contributed by atoms with Gasteiger partial charge in [0.05, 0.1) is 23.9 Å². The second-order valence-electron chi connectivity index (χ2n) is 6.71. The van der Waals surface area contributed by atoms with Gasteiger partial charge in [0, 0.05) is 25.1 Å². The number of nitriles is 1. The Hall–Kier alpha value is -3.46.